The molecule has 0 aliphatic heterocycles. The summed E-state index contributed by atoms with van der Waals surface area (Å²) < 4.78 is 0. The SMILES string of the molecule is CCCNc1cc(N(C)CCCN(C)C)nc(C(C)C)n1. The van der Waals surface area contributed by atoms with Crippen molar-refractivity contribution in [2.24, 2.45) is 0 Å². The van der Waals surface area contributed by atoms with Crippen molar-refractivity contribution in [1.29, 1.82) is 0 Å². The molecule has 0 aliphatic carbocycles. The van der Waals surface area contributed by atoms with Gasteiger partial charge in [0, 0.05) is 32.1 Å². The number of hydrogen-bond acceptors (Lipinski definition) is 5. The zero-order chi connectivity index (χ0) is 15.8. The minimum absolute atomic E-state index is 0.335. The van der Waals surface area contributed by atoms with Gasteiger partial charge in [0.25, 0.3) is 0 Å². The Bertz CT molecular complexity index is 417. The minimum atomic E-state index is 0.335. The first-order chi connectivity index (χ1) is 9.93. The average molecular weight is 293 g/mol. The van der Waals surface area contributed by atoms with E-state index in [0.29, 0.717) is 5.92 Å². The first kappa shape index (κ1) is 17.7. The van der Waals surface area contributed by atoms with Crippen molar-refractivity contribution in [3.8, 4) is 0 Å². The Balaban J connectivity index is 2.80. The number of anilines is 2. The number of aromatic nitrogens is 2. The molecular formula is C16H31N5. The minimum Gasteiger partial charge on any atom is -0.370 e. The van der Waals surface area contributed by atoms with E-state index in [2.05, 4.69) is 68.1 Å². The second kappa shape index (κ2) is 8.82. The maximum absolute atomic E-state index is 4.70. The molecule has 5 nitrogen and oxygen atoms in total. The zero-order valence-corrected chi connectivity index (χ0v) is 14.5. The quantitative estimate of drug-likeness (QED) is 0.758. The van der Waals surface area contributed by atoms with Crippen LogP contribution in [-0.2, 0) is 0 Å². The summed E-state index contributed by atoms with van der Waals surface area (Å²) in [6, 6.07) is 2.05. The molecule has 0 aliphatic rings. The molecular weight excluding hydrogens is 262 g/mol. The predicted octanol–water partition coefficient (Wildman–Crippen LogP) is 2.81. The first-order valence-electron chi connectivity index (χ1n) is 7.92. The predicted molar refractivity (Wildman–Crippen MR) is 91.3 cm³/mol. The molecule has 1 heterocycles. The number of rotatable bonds is 9. The normalized spacial score (nSPS) is 11.2. The standard InChI is InChI=1S/C16H31N5/c1-7-9-17-14-12-15(19-16(18-14)13(2)3)21(6)11-8-10-20(4)5/h12-13H,7-11H2,1-6H3,(H,17,18,19). The fraction of sp³-hybridized carbons (Fsp3) is 0.750. The van der Waals surface area contributed by atoms with Crippen LogP contribution < -0.4 is 10.2 Å². The second-order valence-corrected chi connectivity index (χ2v) is 6.13. The van der Waals surface area contributed by atoms with Crippen molar-refractivity contribution < 1.29 is 0 Å². The molecule has 120 valence electrons. The van der Waals surface area contributed by atoms with Crippen molar-refractivity contribution in [2.75, 3.05) is 51.0 Å². The molecule has 0 saturated heterocycles. The van der Waals surface area contributed by atoms with Crippen molar-refractivity contribution >= 4 is 11.6 Å². The van der Waals surface area contributed by atoms with Crippen molar-refractivity contribution in [1.82, 2.24) is 14.9 Å². The van der Waals surface area contributed by atoms with Crippen LogP contribution in [0.1, 0.15) is 45.4 Å². The smallest absolute Gasteiger partial charge is 0.135 e. The summed E-state index contributed by atoms with van der Waals surface area (Å²) in [4.78, 5) is 13.7. The lowest BCUT2D eigenvalue weighted by atomic mass is 10.2. The summed E-state index contributed by atoms with van der Waals surface area (Å²) in [5.41, 5.74) is 0. The monoisotopic (exact) mass is 293 g/mol. The molecule has 1 N–H and O–H groups in total. The summed E-state index contributed by atoms with van der Waals surface area (Å²) >= 11 is 0. The third-order valence-corrected chi connectivity index (χ3v) is 3.29. The Morgan fingerprint density at radius 2 is 1.86 bits per heavy atom. The number of nitrogens with one attached hydrogen (secondary N) is 1. The van der Waals surface area contributed by atoms with Crippen LogP contribution in [0.25, 0.3) is 0 Å². The van der Waals surface area contributed by atoms with Gasteiger partial charge in [0.1, 0.15) is 17.5 Å². The Kier molecular flexibility index (Phi) is 7.43. The van der Waals surface area contributed by atoms with E-state index in [9.17, 15) is 0 Å². The highest BCUT2D eigenvalue weighted by Gasteiger charge is 2.11. The summed E-state index contributed by atoms with van der Waals surface area (Å²) in [5, 5.41) is 3.37. The van der Waals surface area contributed by atoms with Gasteiger partial charge in [-0.1, -0.05) is 20.8 Å². The molecule has 0 amide bonds. The molecule has 21 heavy (non-hydrogen) atoms. The van der Waals surface area contributed by atoms with Gasteiger partial charge in [-0.25, -0.2) is 9.97 Å². The molecule has 1 rings (SSSR count). The van der Waals surface area contributed by atoms with Crippen LogP contribution >= 0.6 is 0 Å². The molecule has 0 aromatic carbocycles. The molecule has 1 aromatic rings. The van der Waals surface area contributed by atoms with E-state index in [1.165, 1.54) is 0 Å². The summed E-state index contributed by atoms with van der Waals surface area (Å²) in [6.45, 7) is 9.46. The largest absolute Gasteiger partial charge is 0.370 e. The van der Waals surface area contributed by atoms with Crippen LogP contribution in [0.3, 0.4) is 0 Å². The van der Waals surface area contributed by atoms with E-state index in [-0.39, 0.29) is 0 Å². The van der Waals surface area contributed by atoms with Gasteiger partial charge in [0.05, 0.1) is 0 Å². The van der Waals surface area contributed by atoms with E-state index < -0.39 is 0 Å². The molecule has 0 atom stereocenters. The lowest BCUT2D eigenvalue weighted by Crippen LogP contribution is -2.24. The fourth-order valence-electron chi connectivity index (χ4n) is 1.99. The molecule has 0 fully saturated rings. The Labute approximate surface area is 129 Å². The fourth-order valence-corrected chi connectivity index (χ4v) is 1.99. The highest BCUT2D eigenvalue weighted by molar-refractivity contribution is 5.49. The molecule has 1 aromatic heterocycles. The van der Waals surface area contributed by atoms with Crippen LogP contribution in [0.5, 0.6) is 0 Å². The van der Waals surface area contributed by atoms with Crippen LogP contribution in [0, 0.1) is 0 Å². The van der Waals surface area contributed by atoms with E-state index in [0.717, 1.165) is 49.9 Å². The van der Waals surface area contributed by atoms with Gasteiger partial charge in [-0.3, -0.25) is 0 Å². The van der Waals surface area contributed by atoms with Gasteiger partial charge < -0.3 is 15.1 Å². The highest BCUT2D eigenvalue weighted by Crippen LogP contribution is 2.19. The van der Waals surface area contributed by atoms with Gasteiger partial charge in [0.2, 0.25) is 0 Å². The van der Waals surface area contributed by atoms with Gasteiger partial charge in [-0.2, -0.15) is 0 Å². The lowest BCUT2D eigenvalue weighted by Gasteiger charge is -2.21. The topological polar surface area (TPSA) is 44.3 Å². The Morgan fingerprint density at radius 1 is 1.14 bits per heavy atom. The Morgan fingerprint density at radius 3 is 2.43 bits per heavy atom. The molecule has 5 heteroatoms. The maximum Gasteiger partial charge on any atom is 0.135 e. The third kappa shape index (κ3) is 6.29. The number of nitrogens with zero attached hydrogens (tertiary/aromatic N) is 4. The molecule has 0 spiro atoms. The van der Waals surface area contributed by atoms with Crippen molar-refractivity contribution in [3.63, 3.8) is 0 Å². The molecule has 0 radical (unpaired) electrons. The van der Waals surface area contributed by atoms with Crippen LogP contribution in [0.4, 0.5) is 11.6 Å². The maximum atomic E-state index is 4.70. The Hall–Kier alpha value is -1.36. The van der Waals surface area contributed by atoms with E-state index >= 15 is 0 Å². The lowest BCUT2D eigenvalue weighted by molar-refractivity contribution is 0.401. The highest BCUT2D eigenvalue weighted by atomic mass is 15.2. The van der Waals surface area contributed by atoms with Gasteiger partial charge in [-0.05, 0) is 33.5 Å². The van der Waals surface area contributed by atoms with Crippen LogP contribution in [0.15, 0.2) is 6.07 Å². The average Bonchev–Trinajstić information content (AvgIpc) is 2.44. The van der Waals surface area contributed by atoms with Crippen LogP contribution in [-0.4, -0.2) is 55.6 Å². The molecule has 0 bridgehead atoms. The van der Waals surface area contributed by atoms with Gasteiger partial charge >= 0.3 is 0 Å². The first-order valence-corrected chi connectivity index (χ1v) is 7.92. The summed E-state index contributed by atoms with van der Waals surface area (Å²) in [5.74, 6) is 3.18. The third-order valence-electron chi connectivity index (χ3n) is 3.29. The molecule has 0 saturated carbocycles. The number of hydrogen-bond donors (Lipinski definition) is 1. The van der Waals surface area contributed by atoms with E-state index in [1.54, 1.807) is 0 Å². The summed E-state index contributed by atoms with van der Waals surface area (Å²) in [6.07, 6.45) is 2.22. The second-order valence-electron chi connectivity index (χ2n) is 6.13. The van der Waals surface area contributed by atoms with E-state index in [4.69, 9.17) is 4.98 Å². The summed E-state index contributed by atoms with van der Waals surface area (Å²) in [7, 11) is 6.31. The molecule has 0 unspecified atom stereocenters. The van der Waals surface area contributed by atoms with Crippen LogP contribution in [0.2, 0.25) is 0 Å². The van der Waals surface area contributed by atoms with E-state index in [1.807, 2.05) is 0 Å². The van der Waals surface area contributed by atoms with Gasteiger partial charge in [-0.15, -0.1) is 0 Å². The zero-order valence-electron chi connectivity index (χ0n) is 14.5. The van der Waals surface area contributed by atoms with Crippen molar-refractivity contribution in [3.05, 3.63) is 11.9 Å². The van der Waals surface area contributed by atoms with Gasteiger partial charge in [0.15, 0.2) is 0 Å². The van der Waals surface area contributed by atoms with Crippen molar-refractivity contribution in [2.45, 2.75) is 39.5 Å².